The highest BCUT2D eigenvalue weighted by molar-refractivity contribution is 5.94. The van der Waals surface area contributed by atoms with Crippen molar-refractivity contribution in [1.82, 2.24) is 15.4 Å². The van der Waals surface area contributed by atoms with Crippen LogP contribution in [0.25, 0.3) is 11.3 Å². The SMILES string of the molecule is COc1ccc(OC)c(/C=N/NC(=O)c2cc(-c3ccc(F)cc3)nc(=O)[nH]2)c1. The first-order valence-electron chi connectivity index (χ1n) is 8.43. The standard InChI is InChI=1S/C20H17FN4O4/c1-28-15-7-8-18(29-2)13(9-15)11-22-25-19(26)17-10-16(23-20(27)24-17)12-3-5-14(21)6-4-12/h3-11H,1-2H3,(H,25,26)(H,23,24,27)/b22-11+. The Kier molecular flexibility index (Phi) is 5.98. The monoisotopic (exact) mass is 396 g/mol. The topological polar surface area (TPSA) is 106 Å². The van der Waals surface area contributed by atoms with Gasteiger partial charge in [-0.25, -0.2) is 14.6 Å². The first kappa shape index (κ1) is 19.7. The van der Waals surface area contributed by atoms with E-state index < -0.39 is 17.4 Å². The lowest BCUT2D eigenvalue weighted by atomic mass is 10.1. The fraction of sp³-hybridized carbons (Fsp3) is 0.100. The van der Waals surface area contributed by atoms with Gasteiger partial charge >= 0.3 is 5.69 Å². The second kappa shape index (κ2) is 8.79. The average Bonchev–Trinajstić information content (AvgIpc) is 2.73. The number of ether oxygens (including phenoxy) is 2. The Hall–Kier alpha value is -4.01. The number of amides is 1. The number of H-pyrrole nitrogens is 1. The highest BCUT2D eigenvalue weighted by Crippen LogP contribution is 2.22. The molecule has 8 nitrogen and oxygen atoms in total. The van der Waals surface area contributed by atoms with E-state index in [0.717, 1.165) is 0 Å². The van der Waals surface area contributed by atoms with Gasteiger partial charge in [0.05, 0.1) is 26.1 Å². The van der Waals surface area contributed by atoms with Crippen molar-refractivity contribution < 1.29 is 18.7 Å². The molecule has 3 aromatic rings. The maximum atomic E-state index is 13.1. The van der Waals surface area contributed by atoms with Crippen LogP contribution in [0, 0.1) is 5.82 Å². The minimum absolute atomic E-state index is 0.0425. The quantitative estimate of drug-likeness (QED) is 0.492. The van der Waals surface area contributed by atoms with Gasteiger partial charge in [-0.05, 0) is 48.5 Å². The number of halogens is 1. The number of aromatic nitrogens is 2. The van der Waals surface area contributed by atoms with E-state index in [4.69, 9.17) is 9.47 Å². The number of carbonyl (C=O) groups excluding carboxylic acids is 1. The third-order valence-electron chi connectivity index (χ3n) is 3.94. The van der Waals surface area contributed by atoms with Gasteiger partial charge in [-0.2, -0.15) is 10.1 Å². The van der Waals surface area contributed by atoms with Crippen molar-refractivity contribution in [3.05, 3.63) is 76.1 Å². The maximum Gasteiger partial charge on any atom is 0.346 e. The zero-order valence-corrected chi connectivity index (χ0v) is 15.6. The van der Waals surface area contributed by atoms with Crippen LogP contribution < -0.4 is 20.6 Å². The first-order chi connectivity index (χ1) is 14.0. The van der Waals surface area contributed by atoms with E-state index in [1.165, 1.54) is 50.8 Å². The Morgan fingerprint density at radius 1 is 1.14 bits per heavy atom. The van der Waals surface area contributed by atoms with E-state index in [1.807, 2.05) is 0 Å². The molecule has 0 radical (unpaired) electrons. The molecule has 148 valence electrons. The third kappa shape index (κ3) is 4.83. The molecule has 0 fully saturated rings. The average molecular weight is 396 g/mol. The molecule has 0 bridgehead atoms. The fourth-order valence-electron chi connectivity index (χ4n) is 2.51. The summed E-state index contributed by atoms with van der Waals surface area (Å²) in [5, 5.41) is 3.89. The summed E-state index contributed by atoms with van der Waals surface area (Å²) in [6.07, 6.45) is 1.39. The number of hydrazone groups is 1. The summed E-state index contributed by atoms with van der Waals surface area (Å²) in [7, 11) is 3.04. The van der Waals surface area contributed by atoms with Crippen molar-refractivity contribution in [3.8, 4) is 22.8 Å². The highest BCUT2D eigenvalue weighted by atomic mass is 19.1. The van der Waals surface area contributed by atoms with Crippen LogP contribution in [0.5, 0.6) is 11.5 Å². The molecule has 0 saturated heterocycles. The molecule has 2 N–H and O–H groups in total. The Morgan fingerprint density at radius 3 is 2.59 bits per heavy atom. The Bertz CT molecular complexity index is 1110. The summed E-state index contributed by atoms with van der Waals surface area (Å²) in [5.74, 6) is 0.0746. The van der Waals surface area contributed by atoms with Crippen LogP contribution in [0.3, 0.4) is 0 Å². The number of hydrogen-bond acceptors (Lipinski definition) is 6. The molecule has 0 saturated carbocycles. The Labute approximate surface area is 165 Å². The molecule has 9 heteroatoms. The van der Waals surface area contributed by atoms with Gasteiger partial charge in [-0.1, -0.05) is 0 Å². The van der Waals surface area contributed by atoms with E-state index >= 15 is 0 Å². The van der Waals surface area contributed by atoms with E-state index in [0.29, 0.717) is 22.6 Å². The summed E-state index contributed by atoms with van der Waals surface area (Å²) >= 11 is 0. The van der Waals surface area contributed by atoms with Crippen LogP contribution in [0.15, 0.2) is 58.4 Å². The van der Waals surface area contributed by atoms with Crippen LogP contribution in [-0.2, 0) is 0 Å². The molecule has 29 heavy (non-hydrogen) atoms. The van der Waals surface area contributed by atoms with Crippen LogP contribution in [0.1, 0.15) is 16.1 Å². The largest absolute Gasteiger partial charge is 0.497 e. The molecule has 1 amide bonds. The van der Waals surface area contributed by atoms with Crippen molar-refractivity contribution in [2.75, 3.05) is 14.2 Å². The lowest BCUT2D eigenvalue weighted by molar-refractivity contribution is 0.0949. The van der Waals surface area contributed by atoms with Gasteiger partial charge < -0.3 is 14.5 Å². The second-order valence-corrected chi connectivity index (χ2v) is 5.80. The van der Waals surface area contributed by atoms with E-state index in [2.05, 4.69) is 20.5 Å². The van der Waals surface area contributed by atoms with Gasteiger partial charge in [0.25, 0.3) is 5.91 Å². The van der Waals surface area contributed by atoms with Gasteiger partial charge in [0, 0.05) is 11.1 Å². The minimum atomic E-state index is -0.713. The first-order valence-corrected chi connectivity index (χ1v) is 8.43. The molecule has 0 aliphatic carbocycles. The number of methoxy groups -OCH3 is 2. The predicted octanol–water partition coefficient (Wildman–Crippen LogP) is 2.36. The van der Waals surface area contributed by atoms with Crippen molar-refractivity contribution in [1.29, 1.82) is 0 Å². The molecule has 3 rings (SSSR count). The van der Waals surface area contributed by atoms with Gasteiger partial charge in [-0.3, -0.25) is 4.79 Å². The lowest BCUT2D eigenvalue weighted by Gasteiger charge is -2.07. The lowest BCUT2D eigenvalue weighted by Crippen LogP contribution is -2.24. The third-order valence-corrected chi connectivity index (χ3v) is 3.94. The molecule has 0 aliphatic rings. The number of nitrogens with zero attached hydrogens (tertiary/aromatic N) is 2. The summed E-state index contributed by atoms with van der Waals surface area (Å²) in [4.78, 5) is 30.3. The zero-order valence-electron chi connectivity index (χ0n) is 15.6. The van der Waals surface area contributed by atoms with Crippen molar-refractivity contribution >= 4 is 12.1 Å². The molecule has 1 aromatic heterocycles. The van der Waals surface area contributed by atoms with Crippen molar-refractivity contribution in [2.24, 2.45) is 5.10 Å². The molecule has 0 aliphatic heterocycles. The normalized spacial score (nSPS) is 10.7. The number of nitrogens with one attached hydrogen (secondary N) is 2. The van der Waals surface area contributed by atoms with Gasteiger partial charge in [0.2, 0.25) is 0 Å². The summed E-state index contributed by atoms with van der Waals surface area (Å²) in [6, 6.07) is 11.9. The summed E-state index contributed by atoms with van der Waals surface area (Å²) in [5.41, 5.74) is 2.89. The molecular formula is C20H17FN4O4. The van der Waals surface area contributed by atoms with Crippen LogP contribution >= 0.6 is 0 Å². The van der Waals surface area contributed by atoms with E-state index in [-0.39, 0.29) is 11.4 Å². The van der Waals surface area contributed by atoms with Crippen LogP contribution in [0.4, 0.5) is 4.39 Å². The smallest absolute Gasteiger partial charge is 0.346 e. The number of rotatable bonds is 6. The van der Waals surface area contributed by atoms with Crippen molar-refractivity contribution in [3.63, 3.8) is 0 Å². The van der Waals surface area contributed by atoms with Gasteiger partial charge in [0.1, 0.15) is 23.0 Å². The molecule has 0 atom stereocenters. The molecule has 2 aromatic carbocycles. The van der Waals surface area contributed by atoms with Crippen LogP contribution in [0.2, 0.25) is 0 Å². The molecule has 0 unspecified atom stereocenters. The van der Waals surface area contributed by atoms with Crippen LogP contribution in [-0.4, -0.2) is 36.3 Å². The molecule has 0 spiro atoms. The molecular weight excluding hydrogens is 379 g/mol. The van der Waals surface area contributed by atoms with Crippen molar-refractivity contribution in [2.45, 2.75) is 0 Å². The number of carbonyl (C=O) groups is 1. The summed E-state index contributed by atoms with van der Waals surface area (Å²) in [6.45, 7) is 0. The highest BCUT2D eigenvalue weighted by Gasteiger charge is 2.10. The van der Waals surface area contributed by atoms with E-state index in [1.54, 1.807) is 18.2 Å². The number of hydrogen-bond donors (Lipinski definition) is 2. The number of benzene rings is 2. The maximum absolute atomic E-state index is 13.1. The Morgan fingerprint density at radius 2 is 1.90 bits per heavy atom. The zero-order chi connectivity index (χ0) is 20.8. The van der Waals surface area contributed by atoms with E-state index in [9.17, 15) is 14.0 Å². The minimum Gasteiger partial charge on any atom is -0.497 e. The van der Waals surface area contributed by atoms with Gasteiger partial charge in [-0.15, -0.1) is 0 Å². The summed E-state index contributed by atoms with van der Waals surface area (Å²) < 4.78 is 23.5. The Balaban J connectivity index is 1.80. The second-order valence-electron chi connectivity index (χ2n) is 5.80. The molecule has 1 heterocycles. The predicted molar refractivity (Wildman–Crippen MR) is 105 cm³/mol. The van der Waals surface area contributed by atoms with Gasteiger partial charge in [0.15, 0.2) is 0 Å². The number of aromatic amines is 1. The fourth-order valence-corrected chi connectivity index (χ4v) is 2.51.